The van der Waals surface area contributed by atoms with Gasteiger partial charge in [-0.3, -0.25) is 4.84 Å². The Labute approximate surface area is 141 Å². The zero-order chi connectivity index (χ0) is 17.4. The molecule has 0 aliphatic heterocycles. The summed E-state index contributed by atoms with van der Waals surface area (Å²) < 4.78 is 11.0. The number of methoxy groups -OCH3 is 1. The van der Waals surface area contributed by atoms with Crippen molar-refractivity contribution in [3.05, 3.63) is 54.1 Å². The first-order valence-corrected chi connectivity index (χ1v) is 7.57. The molecule has 2 aromatic rings. The number of anilines is 1. The van der Waals surface area contributed by atoms with Crippen molar-refractivity contribution >= 4 is 11.7 Å². The maximum atomic E-state index is 11.8. The van der Waals surface area contributed by atoms with Crippen molar-refractivity contribution in [1.82, 2.24) is 5.06 Å². The Morgan fingerprint density at radius 3 is 2.58 bits per heavy atom. The highest BCUT2D eigenvalue weighted by molar-refractivity contribution is 5.88. The maximum Gasteiger partial charge on any atom is 0.345 e. The Kier molecular flexibility index (Phi) is 6.45. The highest BCUT2D eigenvalue weighted by Gasteiger charge is 2.08. The second-order valence-corrected chi connectivity index (χ2v) is 5.09. The molecule has 0 saturated carbocycles. The van der Waals surface area contributed by atoms with Gasteiger partial charge >= 0.3 is 6.03 Å². The van der Waals surface area contributed by atoms with Crippen LogP contribution in [0.1, 0.15) is 5.56 Å². The number of hydrogen-bond donors (Lipinski definition) is 1. The monoisotopic (exact) mass is 330 g/mol. The third-order valence-corrected chi connectivity index (χ3v) is 3.44. The van der Waals surface area contributed by atoms with Gasteiger partial charge in [0.05, 0.1) is 20.8 Å². The highest BCUT2D eigenvalue weighted by atomic mass is 16.7. The van der Waals surface area contributed by atoms with Gasteiger partial charge in [0, 0.05) is 25.2 Å². The first-order valence-electron chi connectivity index (χ1n) is 7.57. The number of hydroxylamine groups is 2. The minimum Gasteiger partial charge on any atom is -0.497 e. The molecule has 24 heavy (non-hydrogen) atoms. The number of hydrogen-bond acceptors (Lipinski definition) is 4. The summed E-state index contributed by atoms with van der Waals surface area (Å²) >= 11 is 0. The number of urea groups is 1. The SMILES string of the molecule is COc1cccc(CCOc2cccc(NC(=O)N(C)OC)c2)c1. The number of carbonyl (C=O) groups excluding carboxylic acids is 1. The van der Waals surface area contributed by atoms with Gasteiger partial charge in [0.15, 0.2) is 0 Å². The van der Waals surface area contributed by atoms with Crippen molar-refractivity contribution in [1.29, 1.82) is 0 Å². The normalized spacial score (nSPS) is 10.1. The van der Waals surface area contributed by atoms with E-state index in [2.05, 4.69) is 5.32 Å². The third-order valence-electron chi connectivity index (χ3n) is 3.44. The van der Waals surface area contributed by atoms with Gasteiger partial charge in [-0.2, -0.15) is 0 Å². The molecule has 0 spiro atoms. The molecule has 0 aromatic heterocycles. The predicted molar refractivity (Wildman–Crippen MR) is 92.4 cm³/mol. The molecule has 2 rings (SSSR count). The molecule has 0 unspecified atom stereocenters. The molecule has 6 nitrogen and oxygen atoms in total. The first-order chi connectivity index (χ1) is 11.6. The van der Waals surface area contributed by atoms with Gasteiger partial charge < -0.3 is 14.8 Å². The minimum atomic E-state index is -0.356. The Balaban J connectivity index is 1.88. The molecule has 0 aliphatic rings. The number of carbonyl (C=O) groups is 1. The van der Waals surface area contributed by atoms with Gasteiger partial charge in [-0.15, -0.1) is 0 Å². The van der Waals surface area contributed by atoms with Crippen molar-refractivity contribution in [2.24, 2.45) is 0 Å². The van der Waals surface area contributed by atoms with Crippen LogP contribution >= 0.6 is 0 Å². The van der Waals surface area contributed by atoms with E-state index < -0.39 is 0 Å². The molecule has 2 amide bonds. The molecule has 0 atom stereocenters. The van der Waals surface area contributed by atoms with Crippen molar-refractivity contribution in [3.8, 4) is 11.5 Å². The average Bonchev–Trinajstić information content (AvgIpc) is 2.61. The molecule has 0 bridgehead atoms. The largest absolute Gasteiger partial charge is 0.497 e. The van der Waals surface area contributed by atoms with Crippen LogP contribution in [-0.2, 0) is 11.3 Å². The number of rotatable bonds is 7. The molecule has 0 heterocycles. The van der Waals surface area contributed by atoms with E-state index in [0.29, 0.717) is 18.0 Å². The fourth-order valence-corrected chi connectivity index (χ4v) is 2.06. The fraction of sp³-hybridized carbons (Fsp3) is 0.278. The lowest BCUT2D eigenvalue weighted by atomic mass is 10.1. The zero-order valence-electron chi connectivity index (χ0n) is 14.1. The van der Waals surface area contributed by atoms with Gasteiger partial charge in [-0.25, -0.2) is 9.86 Å². The molecular weight excluding hydrogens is 308 g/mol. The lowest BCUT2D eigenvalue weighted by molar-refractivity contribution is -0.0598. The van der Waals surface area contributed by atoms with E-state index >= 15 is 0 Å². The number of nitrogens with one attached hydrogen (secondary N) is 1. The summed E-state index contributed by atoms with van der Waals surface area (Å²) in [6.45, 7) is 0.530. The number of nitrogens with zero attached hydrogens (tertiary/aromatic N) is 1. The maximum absolute atomic E-state index is 11.8. The van der Waals surface area contributed by atoms with Crippen LogP contribution in [0.25, 0.3) is 0 Å². The Bertz CT molecular complexity index is 676. The van der Waals surface area contributed by atoms with Gasteiger partial charge in [0.2, 0.25) is 0 Å². The van der Waals surface area contributed by atoms with Gasteiger partial charge in [0.1, 0.15) is 11.5 Å². The van der Waals surface area contributed by atoms with E-state index in [-0.39, 0.29) is 6.03 Å². The molecule has 128 valence electrons. The smallest absolute Gasteiger partial charge is 0.345 e. The van der Waals surface area contributed by atoms with Crippen molar-refractivity contribution in [3.63, 3.8) is 0 Å². The minimum absolute atomic E-state index is 0.356. The standard InChI is InChI=1S/C18H22N2O4/c1-20(23-3)18(21)19-15-7-5-9-17(13-15)24-11-10-14-6-4-8-16(12-14)22-2/h4-9,12-13H,10-11H2,1-3H3,(H,19,21). The van der Waals surface area contributed by atoms with E-state index in [0.717, 1.165) is 22.8 Å². The lowest BCUT2D eigenvalue weighted by Crippen LogP contribution is -2.30. The van der Waals surface area contributed by atoms with Crippen LogP contribution in [0.2, 0.25) is 0 Å². The Morgan fingerprint density at radius 2 is 1.83 bits per heavy atom. The zero-order valence-corrected chi connectivity index (χ0v) is 14.1. The van der Waals surface area contributed by atoms with Crippen LogP contribution < -0.4 is 14.8 Å². The van der Waals surface area contributed by atoms with Crippen molar-refractivity contribution in [2.45, 2.75) is 6.42 Å². The molecule has 0 fully saturated rings. The molecule has 1 N–H and O–H groups in total. The Hall–Kier alpha value is -2.73. The summed E-state index contributed by atoms with van der Waals surface area (Å²) in [6, 6.07) is 14.8. The predicted octanol–water partition coefficient (Wildman–Crippen LogP) is 3.34. The first kappa shape index (κ1) is 17.6. The number of amides is 2. The molecule has 6 heteroatoms. The van der Waals surface area contributed by atoms with Crippen LogP contribution in [-0.4, -0.2) is 39.0 Å². The van der Waals surface area contributed by atoms with Gasteiger partial charge in [-0.05, 0) is 29.8 Å². The van der Waals surface area contributed by atoms with E-state index in [1.165, 1.54) is 14.2 Å². The summed E-state index contributed by atoms with van der Waals surface area (Å²) in [5.41, 5.74) is 1.78. The average molecular weight is 330 g/mol. The van der Waals surface area contributed by atoms with Crippen LogP contribution in [0, 0.1) is 0 Å². The summed E-state index contributed by atoms with van der Waals surface area (Å²) in [5, 5.41) is 3.83. The number of ether oxygens (including phenoxy) is 2. The second kappa shape index (κ2) is 8.79. The van der Waals surface area contributed by atoms with Gasteiger partial charge in [0.25, 0.3) is 0 Å². The van der Waals surface area contributed by atoms with Crippen LogP contribution in [0.5, 0.6) is 11.5 Å². The van der Waals surface area contributed by atoms with Crippen LogP contribution in [0.3, 0.4) is 0 Å². The number of benzene rings is 2. The lowest BCUT2D eigenvalue weighted by Gasteiger charge is -2.15. The van der Waals surface area contributed by atoms with Crippen molar-refractivity contribution in [2.75, 3.05) is 33.2 Å². The summed E-state index contributed by atoms with van der Waals surface area (Å²) in [5.74, 6) is 1.52. The third kappa shape index (κ3) is 5.17. The van der Waals surface area contributed by atoms with Crippen molar-refractivity contribution < 1.29 is 19.1 Å². The van der Waals surface area contributed by atoms with E-state index in [9.17, 15) is 4.79 Å². The Morgan fingerprint density at radius 1 is 1.08 bits per heavy atom. The van der Waals surface area contributed by atoms with Crippen LogP contribution in [0.4, 0.5) is 10.5 Å². The molecule has 0 saturated heterocycles. The van der Waals surface area contributed by atoms with E-state index in [4.69, 9.17) is 14.3 Å². The van der Waals surface area contributed by atoms with E-state index in [1.807, 2.05) is 36.4 Å². The van der Waals surface area contributed by atoms with Gasteiger partial charge in [-0.1, -0.05) is 18.2 Å². The summed E-state index contributed by atoms with van der Waals surface area (Å²) in [7, 11) is 4.61. The highest BCUT2D eigenvalue weighted by Crippen LogP contribution is 2.18. The molecule has 2 aromatic carbocycles. The molecule has 0 aliphatic carbocycles. The second-order valence-electron chi connectivity index (χ2n) is 5.09. The summed E-state index contributed by atoms with van der Waals surface area (Å²) in [4.78, 5) is 16.6. The summed E-state index contributed by atoms with van der Waals surface area (Å²) in [6.07, 6.45) is 0.764. The van der Waals surface area contributed by atoms with Crippen LogP contribution in [0.15, 0.2) is 48.5 Å². The molecule has 0 radical (unpaired) electrons. The fourth-order valence-electron chi connectivity index (χ4n) is 2.06. The molecular formula is C18H22N2O4. The topological polar surface area (TPSA) is 60.0 Å². The quantitative estimate of drug-likeness (QED) is 0.791. The van der Waals surface area contributed by atoms with E-state index in [1.54, 1.807) is 19.2 Å².